The fourth-order valence-corrected chi connectivity index (χ4v) is 2.76. The molecule has 1 aliphatic rings. The summed E-state index contributed by atoms with van der Waals surface area (Å²) in [5.41, 5.74) is 0.629. The van der Waals surface area contributed by atoms with Crippen molar-refractivity contribution >= 4 is 5.91 Å². The van der Waals surface area contributed by atoms with Gasteiger partial charge in [0.15, 0.2) is 0 Å². The third-order valence-electron chi connectivity index (χ3n) is 4.14. The van der Waals surface area contributed by atoms with Gasteiger partial charge < -0.3 is 10.6 Å². The molecule has 23 heavy (non-hydrogen) atoms. The van der Waals surface area contributed by atoms with Gasteiger partial charge in [0.1, 0.15) is 5.69 Å². The number of rotatable bonds is 3. The van der Waals surface area contributed by atoms with Crippen LogP contribution in [0.2, 0.25) is 0 Å². The second kappa shape index (κ2) is 6.75. The smallest absolute Gasteiger partial charge is 0.271 e. The molecule has 1 amide bonds. The lowest BCUT2D eigenvalue weighted by Crippen LogP contribution is -2.48. The molecular weight excluding hydrogens is 292 g/mol. The number of aromatic nitrogens is 2. The first-order chi connectivity index (χ1) is 11.1. The van der Waals surface area contributed by atoms with Crippen LogP contribution in [-0.2, 0) is 0 Å². The molecule has 120 valence electrons. The summed E-state index contributed by atoms with van der Waals surface area (Å²) in [7, 11) is 0. The van der Waals surface area contributed by atoms with Gasteiger partial charge in [-0.25, -0.2) is 0 Å². The lowest BCUT2D eigenvalue weighted by molar-refractivity contribution is 0.0907. The van der Waals surface area contributed by atoms with E-state index in [4.69, 9.17) is 0 Å². The number of benzene rings is 1. The summed E-state index contributed by atoms with van der Waals surface area (Å²) in [6, 6.07) is 12.1. The number of carbonyl (C=O) groups is 1. The molecule has 0 aliphatic carbocycles. The molecule has 1 fully saturated rings. The van der Waals surface area contributed by atoms with Crippen LogP contribution in [0.1, 0.15) is 23.8 Å². The summed E-state index contributed by atoms with van der Waals surface area (Å²) in [5, 5.41) is 10.5. The molecule has 2 N–H and O–H groups in total. The summed E-state index contributed by atoms with van der Waals surface area (Å²) in [6.45, 7) is 3.89. The topological polar surface area (TPSA) is 76.0 Å². The number of hydrogen-bond acceptors (Lipinski definition) is 4. The third-order valence-corrected chi connectivity index (χ3v) is 4.14. The Balaban J connectivity index is 1.83. The summed E-state index contributed by atoms with van der Waals surface area (Å²) in [4.78, 5) is 24.4. The molecule has 2 heterocycles. The van der Waals surface area contributed by atoms with E-state index in [0.717, 1.165) is 19.5 Å². The Kier molecular flexibility index (Phi) is 4.52. The van der Waals surface area contributed by atoms with Crippen LogP contribution in [0.15, 0.2) is 47.3 Å². The van der Waals surface area contributed by atoms with E-state index in [0.29, 0.717) is 11.6 Å². The Labute approximate surface area is 134 Å². The maximum Gasteiger partial charge on any atom is 0.271 e. The molecule has 6 nitrogen and oxygen atoms in total. The molecule has 1 aromatic heterocycles. The van der Waals surface area contributed by atoms with Crippen LogP contribution in [0.3, 0.4) is 0 Å². The lowest BCUT2D eigenvalue weighted by atomic mass is 9.95. The molecule has 2 unspecified atom stereocenters. The number of nitrogens with one attached hydrogen (secondary N) is 2. The van der Waals surface area contributed by atoms with E-state index < -0.39 is 0 Å². The van der Waals surface area contributed by atoms with Gasteiger partial charge in [-0.2, -0.15) is 9.78 Å². The van der Waals surface area contributed by atoms with Gasteiger partial charge in [-0.1, -0.05) is 25.1 Å². The normalized spacial score (nSPS) is 20.9. The van der Waals surface area contributed by atoms with Crippen molar-refractivity contribution in [1.82, 2.24) is 20.4 Å². The second-order valence-corrected chi connectivity index (χ2v) is 5.85. The predicted molar refractivity (Wildman–Crippen MR) is 87.7 cm³/mol. The average Bonchev–Trinajstić information content (AvgIpc) is 2.58. The van der Waals surface area contributed by atoms with Crippen LogP contribution in [0, 0.1) is 5.92 Å². The highest BCUT2D eigenvalue weighted by Crippen LogP contribution is 2.11. The van der Waals surface area contributed by atoms with Gasteiger partial charge in [-0.3, -0.25) is 9.59 Å². The van der Waals surface area contributed by atoms with Crippen molar-refractivity contribution in [1.29, 1.82) is 0 Å². The van der Waals surface area contributed by atoms with Crippen molar-refractivity contribution in [3.8, 4) is 5.69 Å². The van der Waals surface area contributed by atoms with E-state index in [1.807, 2.05) is 18.2 Å². The molecule has 2 aromatic rings. The first kappa shape index (κ1) is 15.4. The molecule has 1 saturated heterocycles. The Morgan fingerprint density at radius 3 is 2.78 bits per heavy atom. The minimum Gasteiger partial charge on any atom is -0.348 e. The summed E-state index contributed by atoms with van der Waals surface area (Å²) in [5.74, 6) is 0.126. The van der Waals surface area contributed by atoms with Crippen LogP contribution in [0.4, 0.5) is 0 Å². The van der Waals surface area contributed by atoms with Gasteiger partial charge >= 0.3 is 0 Å². The first-order valence-corrected chi connectivity index (χ1v) is 7.82. The molecule has 6 heteroatoms. The Morgan fingerprint density at radius 2 is 2.04 bits per heavy atom. The maximum atomic E-state index is 12.4. The monoisotopic (exact) mass is 312 g/mol. The molecule has 0 saturated carbocycles. The molecule has 1 aliphatic heterocycles. The quantitative estimate of drug-likeness (QED) is 0.885. The zero-order valence-corrected chi connectivity index (χ0v) is 13.0. The van der Waals surface area contributed by atoms with E-state index in [-0.39, 0.29) is 23.2 Å². The average molecular weight is 312 g/mol. The van der Waals surface area contributed by atoms with Gasteiger partial charge in [0.2, 0.25) is 0 Å². The van der Waals surface area contributed by atoms with Gasteiger partial charge in [0.25, 0.3) is 11.5 Å². The van der Waals surface area contributed by atoms with Crippen LogP contribution in [0.25, 0.3) is 5.69 Å². The molecule has 3 rings (SSSR count). The zero-order chi connectivity index (χ0) is 16.2. The van der Waals surface area contributed by atoms with Crippen LogP contribution in [-0.4, -0.2) is 34.8 Å². The minimum atomic E-state index is -0.261. The van der Waals surface area contributed by atoms with E-state index >= 15 is 0 Å². The second-order valence-electron chi connectivity index (χ2n) is 5.85. The van der Waals surface area contributed by atoms with Crippen molar-refractivity contribution in [3.63, 3.8) is 0 Å². The summed E-state index contributed by atoms with van der Waals surface area (Å²) < 4.78 is 1.25. The Hall–Kier alpha value is -2.47. The number of para-hydroxylation sites is 1. The van der Waals surface area contributed by atoms with Gasteiger partial charge in [0, 0.05) is 12.1 Å². The highest BCUT2D eigenvalue weighted by molar-refractivity contribution is 5.92. The van der Waals surface area contributed by atoms with Crippen molar-refractivity contribution in [2.75, 3.05) is 13.1 Å². The molecule has 0 spiro atoms. The zero-order valence-electron chi connectivity index (χ0n) is 13.0. The number of hydrogen-bond donors (Lipinski definition) is 2. The van der Waals surface area contributed by atoms with Crippen LogP contribution < -0.4 is 16.2 Å². The van der Waals surface area contributed by atoms with E-state index in [1.165, 1.54) is 16.8 Å². The standard InChI is InChI=1S/C17H20N4O2/c1-12-11-18-10-9-14(12)19-17(23)15-7-8-16(22)21(20-15)13-5-3-2-4-6-13/h2-8,12,14,18H,9-11H2,1H3,(H,19,23). The highest BCUT2D eigenvalue weighted by atomic mass is 16.2. The molecule has 1 aromatic carbocycles. The number of nitrogens with zero attached hydrogens (tertiary/aromatic N) is 2. The maximum absolute atomic E-state index is 12.4. The van der Waals surface area contributed by atoms with Crippen molar-refractivity contribution < 1.29 is 4.79 Å². The summed E-state index contributed by atoms with van der Waals surface area (Å²) >= 11 is 0. The van der Waals surface area contributed by atoms with E-state index in [2.05, 4.69) is 22.7 Å². The third kappa shape index (κ3) is 3.48. The van der Waals surface area contributed by atoms with Crippen molar-refractivity contribution in [2.24, 2.45) is 5.92 Å². The fraction of sp³-hybridized carbons (Fsp3) is 0.353. The van der Waals surface area contributed by atoms with E-state index in [1.54, 1.807) is 12.1 Å². The van der Waals surface area contributed by atoms with Crippen LogP contribution in [0.5, 0.6) is 0 Å². The Bertz CT molecular complexity index is 742. The Morgan fingerprint density at radius 1 is 1.26 bits per heavy atom. The lowest BCUT2D eigenvalue weighted by Gasteiger charge is -2.30. The van der Waals surface area contributed by atoms with Gasteiger partial charge in [-0.15, -0.1) is 0 Å². The SMILES string of the molecule is CC1CNCCC1NC(=O)c1ccc(=O)n(-c2ccccc2)n1. The first-order valence-electron chi connectivity index (χ1n) is 7.82. The largest absolute Gasteiger partial charge is 0.348 e. The van der Waals surface area contributed by atoms with Crippen molar-refractivity contribution in [3.05, 3.63) is 58.5 Å². The van der Waals surface area contributed by atoms with Crippen LogP contribution >= 0.6 is 0 Å². The number of carbonyl (C=O) groups excluding carboxylic acids is 1. The molecule has 0 bridgehead atoms. The van der Waals surface area contributed by atoms with Crippen molar-refractivity contribution in [2.45, 2.75) is 19.4 Å². The molecule has 0 radical (unpaired) electrons. The minimum absolute atomic E-state index is 0.127. The molecule has 2 atom stereocenters. The van der Waals surface area contributed by atoms with Gasteiger partial charge in [0.05, 0.1) is 5.69 Å². The number of piperidine rings is 1. The predicted octanol–water partition coefficient (Wildman–Crippen LogP) is 0.960. The number of amides is 1. The summed E-state index contributed by atoms with van der Waals surface area (Å²) in [6.07, 6.45) is 0.894. The molecular formula is C17H20N4O2. The highest BCUT2D eigenvalue weighted by Gasteiger charge is 2.23. The fourth-order valence-electron chi connectivity index (χ4n) is 2.76. The van der Waals surface area contributed by atoms with E-state index in [9.17, 15) is 9.59 Å². The van der Waals surface area contributed by atoms with Gasteiger partial charge in [-0.05, 0) is 43.6 Å².